The van der Waals surface area contributed by atoms with Crippen LogP contribution in [0.1, 0.15) is 17.1 Å². The second-order valence-electron chi connectivity index (χ2n) is 7.24. The van der Waals surface area contributed by atoms with Crippen molar-refractivity contribution < 1.29 is 12.8 Å². The van der Waals surface area contributed by atoms with Crippen LogP contribution in [0.4, 0.5) is 16.0 Å². The van der Waals surface area contributed by atoms with E-state index in [1.165, 1.54) is 6.07 Å². The molecule has 0 fully saturated rings. The molecule has 2 N–H and O–H groups in total. The molecule has 0 amide bonds. The highest BCUT2D eigenvalue weighted by atomic mass is 32.2. The topological polar surface area (TPSA) is 101 Å². The summed E-state index contributed by atoms with van der Waals surface area (Å²) in [5, 5.41) is 10.6. The molecule has 0 bridgehead atoms. The summed E-state index contributed by atoms with van der Waals surface area (Å²) >= 11 is 0. The molecule has 0 aliphatic heterocycles. The molecule has 0 unspecified atom stereocenters. The van der Waals surface area contributed by atoms with E-state index in [1.807, 2.05) is 13.0 Å². The average molecular weight is 425 g/mol. The smallest absolute Gasteiger partial charge is 0.153 e. The largest absolute Gasteiger partial charge is 0.323 e. The molecule has 9 heteroatoms. The minimum atomic E-state index is -3.45. The number of H-pyrrole nitrogens is 1. The fraction of sp³-hybridized carbons (Fsp3) is 0.190. The molecule has 0 aliphatic rings. The molecule has 30 heavy (non-hydrogen) atoms. The molecule has 2 heterocycles. The summed E-state index contributed by atoms with van der Waals surface area (Å²) in [5.41, 5.74) is 2.24. The van der Waals surface area contributed by atoms with E-state index in [9.17, 15) is 8.42 Å². The zero-order valence-corrected chi connectivity index (χ0v) is 17.5. The van der Waals surface area contributed by atoms with Crippen molar-refractivity contribution >= 4 is 32.4 Å². The van der Waals surface area contributed by atoms with Gasteiger partial charge in [-0.25, -0.2) is 22.8 Å². The predicted octanol–water partition coefficient (Wildman–Crippen LogP) is 4.06. The quantitative estimate of drug-likeness (QED) is 0.500. The number of aromatic nitrogens is 4. The summed E-state index contributed by atoms with van der Waals surface area (Å²) in [6.07, 6.45) is 1.08. The molecular formula is C21H20FN5O2S. The Balaban J connectivity index is 2.05. The van der Waals surface area contributed by atoms with Crippen molar-refractivity contribution in [1.82, 2.24) is 20.2 Å². The van der Waals surface area contributed by atoms with Gasteiger partial charge in [0, 0.05) is 29.1 Å². The molecule has 4 aromatic rings. The number of halogens is 1. The lowest BCUT2D eigenvalue weighted by atomic mass is 9.97. The number of anilines is 2. The van der Waals surface area contributed by atoms with Crippen LogP contribution in [-0.2, 0) is 15.6 Å². The number of hydrogen-bond acceptors (Lipinski definition) is 6. The minimum absolute atomic E-state index is 0.0727. The van der Waals surface area contributed by atoms with E-state index in [2.05, 4.69) is 25.5 Å². The zero-order chi connectivity index (χ0) is 21.5. The third kappa shape index (κ3) is 4.02. The number of fused-ring (bicyclic) bond motifs is 1. The Hall–Kier alpha value is -3.33. The Morgan fingerprint density at radius 1 is 1.10 bits per heavy atom. The Labute approximate surface area is 173 Å². The van der Waals surface area contributed by atoms with Gasteiger partial charge in [0.05, 0.1) is 16.7 Å². The van der Waals surface area contributed by atoms with Crippen molar-refractivity contribution in [3.63, 3.8) is 0 Å². The number of sulfone groups is 1. The van der Waals surface area contributed by atoms with Gasteiger partial charge in [-0.3, -0.25) is 5.10 Å². The molecular weight excluding hydrogens is 405 g/mol. The van der Waals surface area contributed by atoms with Gasteiger partial charge >= 0.3 is 0 Å². The second kappa shape index (κ2) is 7.49. The first-order valence-corrected chi connectivity index (χ1v) is 11.3. The summed E-state index contributed by atoms with van der Waals surface area (Å²) in [7, 11) is -3.45. The van der Waals surface area contributed by atoms with Gasteiger partial charge in [-0.1, -0.05) is 30.3 Å². The van der Waals surface area contributed by atoms with E-state index in [0.717, 1.165) is 11.9 Å². The van der Waals surface area contributed by atoms with Crippen LogP contribution >= 0.6 is 0 Å². The lowest BCUT2D eigenvalue weighted by molar-refractivity contribution is 0.593. The molecule has 0 atom stereocenters. The van der Waals surface area contributed by atoms with Gasteiger partial charge in [-0.2, -0.15) is 5.10 Å². The van der Waals surface area contributed by atoms with Crippen LogP contribution in [0.15, 0.2) is 42.5 Å². The normalized spacial score (nSPS) is 11.7. The van der Waals surface area contributed by atoms with Gasteiger partial charge in [0.1, 0.15) is 17.5 Å². The Morgan fingerprint density at radius 3 is 2.47 bits per heavy atom. The van der Waals surface area contributed by atoms with Crippen LogP contribution < -0.4 is 5.32 Å². The molecule has 0 spiro atoms. The highest BCUT2D eigenvalue weighted by Gasteiger charge is 2.22. The van der Waals surface area contributed by atoms with Crippen molar-refractivity contribution in [2.45, 2.75) is 19.6 Å². The maximum Gasteiger partial charge on any atom is 0.153 e. The van der Waals surface area contributed by atoms with Gasteiger partial charge in [0.25, 0.3) is 0 Å². The highest BCUT2D eigenvalue weighted by Crippen LogP contribution is 2.37. The molecule has 0 aliphatic carbocycles. The van der Waals surface area contributed by atoms with Crippen LogP contribution in [0.2, 0.25) is 0 Å². The van der Waals surface area contributed by atoms with Crippen LogP contribution in [0.3, 0.4) is 0 Å². The number of nitrogens with one attached hydrogen (secondary N) is 2. The van der Waals surface area contributed by atoms with Crippen molar-refractivity contribution in [2.75, 3.05) is 11.6 Å². The zero-order valence-electron chi connectivity index (χ0n) is 16.7. The first-order valence-electron chi connectivity index (χ1n) is 9.23. The first kappa shape index (κ1) is 20.0. The van der Waals surface area contributed by atoms with Crippen LogP contribution in [0.5, 0.6) is 0 Å². The number of benzene rings is 2. The lowest BCUT2D eigenvalue weighted by Crippen LogP contribution is -2.07. The lowest BCUT2D eigenvalue weighted by Gasteiger charge is -2.16. The third-order valence-corrected chi connectivity index (χ3v) is 5.38. The van der Waals surface area contributed by atoms with E-state index in [4.69, 9.17) is 0 Å². The van der Waals surface area contributed by atoms with Crippen molar-refractivity contribution in [3.8, 4) is 11.1 Å². The number of hydrogen-bond donors (Lipinski definition) is 2. The number of aromatic amines is 1. The summed E-state index contributed by atoms with van der Waals surface area (Å²) in [6.45, 7) is 3.59. The molecule has 0 saturated heterocycles. The van der Waals surface area contributed by atoms with Gasteiger partial charge in [-0.05, 0) is 25.5 Å². The number of aryl methyl sites for hydroxylation is 2. The van der Waals surface area contributed by atoms with Gasteiger partial charge in [0.2, 0.25) is 0 Å². The van der Waals surface area contributed by atoms with E-state index in [0.29, 0.717) is 33.9 Å². The summed E-state index contributed by atoms with van der Waals surface area (Å²) in [5.74, 6) is 0.374. The van der Waals surface area contributed by atoms with Gasteiger partial charge < -0.3 is 5.32 Å². The first-order chi connectivity index (χ1) is 14.2. The molecule has 4 rings (SSSR count). The van der Waals surface area contributed by atoms with Crippen molar-refractivity contribution in [1.29, 1.82) is 0 Å². The molecule has 2 aromatic carbocycles. The van der Waals surface area contributed by atoms with Crippen LogP contribution in [-0.4, -0.2) is 34.8 Å². The van der Waals surface area contributed by atoms with Crippen LogP contribution in [0, 0.1) is 19.7 Å². The highest BCUT2D eigenvalue weighted by molar-refractivity contribution is 7.89. The van der Waals surface area contributed by atoms with Crippen molar-refractivity contribution in [2.24, 2.45) is 0 Å². The van der Waals surface area contributed by atoms with E-state index in [-0.39, 0.29) is 11.1 Å². The molecule has 154 valence electrons. The van der Waals surface area contributed by atoms with Gasteiger partial charge in [-0.15, -0.1) is 0 Å². The summed E-state index contributed by atoms with van der Waals surface area (Å²) in [4.78, 5) is 8.94. The Bertz CT molecular complexity index is 1350. The van der Waals surface area contributed by atoms with E-state index < -0.39 is 21.4 Å². The molecule has 2 aromatic heterocycles. The van der Waals surface area contributed by atoms with E-state index in [1.54, 1.807) is 37.3 Å². The maximum absolute atomic E-state index is 15.7. The molecule has 0 saturated carbocycles. The number of nitrogens with zero attached hydrogens (tertiary/aromatic N) is 3. The average Bonchev–Trinajstić information content (AvgIpc) is 3.07. The van der Waals surface area contributed by atoms with Crippen LogP contribution in [0.25, 0.3) is 22.0 Å². The molecule has 0 radical (unpaired) electrons. The van der Waals surface area contributed by atoms with Crippen molar-refractivity contribution in [3.05, 3.63) is 65.4 Å². The standard InChI is InChI=1S/C21H20FN5O2S/c1-12-9-17(27-26-12)25-21-19-16(23-13(2)24-21)10-15(11-30(3,28)29)20(22)18(19)14-7-5-4-6-8-14/h4-10H,11H2,1-3H3,(H2,23,24,25,26,27). The summed E-state index contributed by atoms with van der Waals surface area (Å²) in [6, 6.07) is 12.2. The Morgan fingerprint density at radius 2 is 1.83 bits per heavy atom. The maximum atomic E-state index is 15.7. The fourth-order valence-corrected chi connectivity index (χ4v) is 4.18. The number of rotatable bonds is 5. The minimum Gasteiger partial charge on any atom is -0.323 e. The Kier molecular flexibility index (Phi) is 4.98. The third-order valence-electron chi connectivity index (χ3n) is 4.54. The van der Waals surface area contributed by atoms with E-state index >= 15 is 4.39 Å². The second-order valence-corrected chi connectivity index (χ2v) is 9.38. The SMILES string of the molecule is Cc1nc(Nc2cc(C)[nH]n2)c2c(-c3ccccc3)c(F)c(CS(C)(=O)=O)cc2n1. The molecule has 7 nitrogen and oxygen atoms in total. The monoisotopic (exact) mass is 425 g/mol. The predicted molar refractivity (Wildman–Crippen MR) is 115 cm³/mol. The summed E-state index contributed by atoms with van der Waals surface area (Å²) < 4.78 is 39.5. The van der Waals surface area contributed by atoms with Gasteiger partial charge in [0.15, 0.2) is 15.7 Å². The fourth-order valence-electron chi connectivity index (χ4n) is 3.40.